The van der Waals surface area contributed by atoms with E-state index in [1.54, 1.807) is 25.3 Å². The second-order valence-corrected chi connectivity index (χ2v) is 5.12. The highest BCUT2D eigenvalue weighted by molar-refractivity contribution is 5.91. The molecule has 1 fully saturated rings. The standard InChI is InChI=1S/C14H18N6O3/c1-22-13-3-2-10(6-12(13)20-9-16-18-19-20)17-14(21)7-11-8-23-5-4-15-11/h2-3,6,9,11,15H,4-5,7-8H2,1H3,(H,17,21). The van der Waals surface area contributed by atoms with Crippen molar-refractivity contribution in [3.8, 4) is 11.4 Å². The highest BCUT2D eigenvalue weighted by atomic mass is 16.5. The van der Waals surface area contributed by atoms with E-state index < -0.39 is 0 Å². The van der Waals surface area contributed by atoms with Crippen LogP contribution in [0.2, 0.25) is 0 Å². The fraction of sp³-hybridized carbons (Fsp3) is 0.429. The molecule has 0 radical (unpaired) electrons. The quantitative estimate of drug-likeness (QED) is 0.799. The number of aromatic nitrogens is 4. The van der Waals surface area contributed by atoms with Crippen LogP contribution in [-0.2, 0) is 9.53 Å². The number of carbonyl (C=O) groups excluding carboxylic acids is 1. The number of carbonyl (C=O) groups is 1. The first-order chi connectivity index (χ1) is 11.3. The maximum Gasteiger partial charge on any atom is 0.226 e. The molecule has 2 N–H and O–H groups in total. The molecular formula is C14H18N6O3. The van der Waals surface area contributed by atoms with E-state index in [1.807, 2.05) is 0 Å². The molecule has 1 unspecified atom stereocenters. The number of morpholine rings is 1. The summed E-state index contributed by atoms with van der Waals surface area (Å²) in [6.07, 6.45) is 1.82. The molecule has 9 heteroatoms. The average molecular weight is 318 g/mol. The number of tetrazole rings is 1. The molecule has 1 amide bonds. The molecule has 0 aliphatic carbocycles. The lowest BCUT2D eigenvalue weighted by atomic mass is 10.2. The number of hydrogen-bond acceptors (Lipinski definition) is 7. The minimum absolute atomic E-state index is 0.0426. The van der Waals surface area contributed by atoms with Crippen molar-refractivity contribution >= 4 is 11.6 Å². The van der Waals surface area contributed by atoms with Crippen molar-refractivity contribution in [2.75, 3.05) is 32.2 Å². The molecule has 3 rings (SSSR count). The lowest BCUT2D eigenvalue weighted by Gasteiger charge is -2.23. The Hall–Kier alpha value is -2.52. The van der Waals surface area contributed by atoms with Gasteiger partial charge in [-0.3, -0.25) is 4.79 Å². The molecule has 1 atom stereocenters. The third kappa shape index (κ3) is 3.82. The molecule has 2 heterocycles. The molecule has 1 saturated heterocycles. The lowest BCUT2D eigenvalue weighted by Crippen LogP contribution is -2.43. The summed E-state index contributed by atoms with van der Waals surface area (Å²) < 4.78 is 12.1. The number of hydrogen-bond donors (Lipinski definition) is 2. The van der Waals surface area contributed by atoms with Crippen molar-refractivity contribution in [3.63, 3.8) is 0 Å². The normalized spacial score (nSPS) is 17.7. The summed E-state index contributed by atoms with van der Waals surface area (Å²) in [4.78, 5) is 12.1. The Morgan fingerprint density at radius 3 is 3.17 bits per heavy atom. The van der Waals surface area contributed by atoms with Crippen LogP contribution in [0.15, 0.2) is 24.5 Å². The summed E-state index contributed by atoms with van der Waals surface area (Å²) in [6, 6.07) is 5.34. The molecule has 9 nitrogen and oxygen atoms in total. The number of nitrogens with zero attached hydrogens (tertiary/aromatic N) is 4. The first kappa shape index (κ1) is 15.4. The van der Waals surface area contributed by atoms with Gasteiger partial charge in [-0.05, 0) is 28.6 Å². The summed E-state index contributed by atoms with van der Waals surface area (Å²) >= 11 is 0. The fourth-order valence-corrected chi connectivity index (χ4v) is 2.41. The third-order valence-corrected chi connectivity index (χ3v) is 3.49. The van der Waals surface area contributed by atoms with Crippen LogP contribution in [0, 0.1) is 0 Å². The van der Waals surface area contributed by atoms with Gasteiger partial charge in [-0.25, -0.2) is 0 Å². The van der Waals surface area contributed by atoms with E-state index in [-0.39, 0.29) is 11.9 Å². The van der Waals surface area contributed by atoms with Crippen LogP contribution in [0.5, 0.6) is 5.75 Å². The lowest BCUT2D eigenvalue weighted by molar-refractivity contribution is -0.117. The Bertz CT molecular complexity index is 655. The smallest absolute Gasteiger partial charge is 0.226 e. The number of benzene rings is 1. The second-order valence-electron chi connectivity index (χ2n) is 5.12. The molecule has 0 saturated carbocycles. The van der Waals surface area contributed by atoms with E-state index in [2.05, 4.69) is 26.2 Å². The van der Waals surface area contributed by atoms with Gasteiger partial charge in [-0.2, -0.15) is 4.68 Å². The van der Waals surface area contributed by atoms with Crippen molar-refractivity contribution in [1.29, 1.82) is 0 Å². The highest BCUT2D eigenvalue weighted by Gasteiger charge is 2.17. The Balaban J connectivity index is 1.70. The summed E-state index contributed by atoms with van der Waals surface area (Å²) in [5, 5.41) is 17.2. The SMILES string of the molecule is COc1ccc(NC(=O)CC2COCCN2)cc1-n1cnnn1. The van der Waals surface area contributed by atoms with E-state index in [4.69, 9.17) is 9.47 Å². The maximum atomic E-state index is 12.1. The summed E-state index contributed by atoms with van der Waals surface area (Å²) in [5.41, 5.74) is 1.30. The first-order valence-electron chi connectivity index (χ1n) is 7.28. The molecule has 23 heavy (non-hydrogen) atoms. The molecule has 1 aliphatic heterocycles. The number of anilines is 1. The predicted molar refractivity (Wildman–Crippen MR) is 81.6 cm³/mol. The second kappa shape index (κ2) is 7.16. The van der Waals surface area contributed by atoms with Crippen molar-refractivity contribution in [3.05, 3.63) is 24.5 Å². The minimum atomic E-state index is -0.0826. The molecule has 2 aromatic rings. The van der Waals surface area contributed by atoms with Crippen molar-refractivity contribution in [2.24, 2.45) is 0 Å². The van der Waals surface area contributed by atoms with Crippen molar-refractivity contribution in [2.45, 2.75) is 12.5 Å². The van der Waals surface area contributed by atoms with Crippen LogP contribution >= 0.6 is 0 Å². The first-order valence-corrected chi connectivity index (χ1v) is 7.28. The van der Waals surface area contributed by atoms with Crippen LogP contribution in [-0.4, -0.2) is 59.0 Å². The minimum Gasteiger partial charge on any atom is -0.494 e. The Morgan fingerprint density at radius 1 is 1.57 bits per heavy atom. The summed E-state index contributed by atoms with van der Waals surface area (Å²) in [5.74, 6) is 0.526. The van der Waals surface area contributed by atoms with Crippen LogP contribution < -0.4 is 15.4 Å². The monoisotopic (exact) mass is 318 g/mol. The Labute approximate surface area is 133 Å². The van der Waals surface area contributed by atoms with Gasteiger partial charge in [-0.1, -0.05) is 0 Å². The van der Waals surface area contributed by atoms with E-state index in [0.717, 1.165) is 6.54 Å². The van der Waals surface area contributed by atoms with Crippen molar-refractivity contribution in [1.82, 2.24) is 25.5 Å². The van der Waals surface area contributed by atoms with Crippen molar-refractivity contribution < 1.29 is 14.3 Å². The number of amides is 1. The highest BCUT2D eigenvalue weighted by Crippen LogP contribution is 2.25. The maximum absolute atomic E-state index is 12.1. The fourth-order valence-electron chi connectivity index (χ4n) is 2.41. The van der Waals surface area contributed by atoms with Crippen LogP contribution in [0.1, 0.15) is 6.42 Å². The van der Waals surface area contributed by atoms with Gasteiger partial charge >= 0.3 is 0 Å². The average Bonchev–Trinajstić information content (AvgIpc) is 3.10. The molecule has 1 aromatic carbocycles. The number of rotatable bonds is 5. The van der Waals surface area contributed by atoms with Gasteiger partial charge in [0.05, 0.1) is 20.3 Å². The van der Waals surface area contributed by atoms with Gasteiger partial charge in [0.15, 0.2) is 0 Å². The predicted octanol–water partition coefficient (Wildman–Crippen LogP) is -0.0121. The van der Waals surface area contributed by atoms with E-state index in [9.17, 15) is 4.79 Å². The van der Waals surface area contributed by atoms with Crippen LogP contribution in [0.3, 0.4) is 0 Å². The topological polar surface area (TPSA) is 103 Å². The van der Waals surface area contributed by atoms with E-state index in [1.165, 1.54) is 11.0 Å². The molecule has 1 aliphatic rings. The van der Waals surface area contributed by atoms with Gasteiger partial charge in [0.2, 0.25) is 5.91 Å². The summed E-state index contributed by atoms with van der Waals surface area (Å²) in [7, 11) is 1.57. The zero-order valence-electron chi connectivity index (χ0n) is 12.7. The zero-order chi connectivity index (χ0) is 16.1. The van der Waals surface area contributed by atoms with Gasteiger partial charge in [-0.15, -0.1) is 5.10 Å². The third-order valence-electron chi connectivity index (χ3n) is 3.49. The zero-order valence-corrected chi connectivity index (χ0v) is 12.7. The van der Waals surface area contributed by atoms with E-state index >= 15 is 0 Å². The molecule has 0 spiro atoms. The Kier molecular flexibility index (Phi) is 4.79. The van der Waals surface area contributed by atoms with Gasteiger partial charge in [0, 0.05) is 24.7 Å². The largest absolute Gasteiger partial charge is 0.494 e. The Morgan fingerprint density at radius 2 is 2.48 bits per heavy atom. The van der Waals surface area contributed by atoms with Gasteiger partial charge < -0.3 is 20.1 Å². The van der Waals surface area contributed by atoms with Crippen LogP contribution in [0.25, 0.3) is 5.69 Å². The summed E-state index contributed by atoms with van der Waals surface area (Å²) in [6.45, 7) is 2.00. The van der Waals surface area contributed by atoms with E-state index in [0.29, 0.717) is 36.8 Å². The molecule has 0 bridgehead atoms. The van der Waals surface area contributed by atoms with Crippen LogP contribution in [0.4, 0.5) is 5.69 Å². The number of nitrogens with one attached hydrogen (secondary N) is 2. The number of methoxy groups -OCH3 is 1. The molecular weight excluding hydrogens is 300 g/mol. The van der Waals surface area contributed by atoms with Gasteiger partial charge in [0.1, 0.15) is 17.8 Å². The molecule has 1 aromatic heterocycles. The number of ether oxygens (including phenoxy) is 2. The molecule has 122 valence electrons. The van der Waals surface area contributed by atoms with Gasteiger partial charge in [0.25, 0.3) is 0 Å².